The Morgan fingerprint density at radius 2 is 2.11 bits per heavy atom. The maximum absolute atomic E-state index is 11.8. The molecule has 2 atom stereocenters. The first-order valence-corrected chi connectivity index (χ1v) is 7.90. The number of hydrogen-bond donors (Lipinski definition) is 1. The van der Waals surface area contributed by atoms with Crippen molar-refractivity contribution >= 4 is 28.8 Å². The number of carbonyl (C=O) groups excluding carboxylic acids is 3. The van der Waals surface area contributed by atoms with Crippen LogP contribution in [0.4, 0.5) is 4.79 Å². The van der Waals surface area contributed by atoms with Crippen LogP contribution in [0.15, 0.2) is 0 Å². The largest absolute Gasteiger partial charge is 0.351 e. The van der Waals surface area contributed by atoms with Gasteiger partial charge in [0.2, 0.25) is 11.8 Å². The minimum atomic E-state index is -0.161. The Morgan fingerprint density at radius 1 is 1.37 bits per heavy atom. The van der Waals surface area contributed by atoms with Crippen LogP contribution >= 0.6 is 11.8 Å². The lowest BCUT2D eigenvalue weighted by atomic mass is 9.89. The zero-order chi connectivity index (χ0) is 13.8. The molecule has 0 aromatic heterocycles. The maximum atomic E-state index is 11.8. The summed E-state index contributed by atoms with van der Waals surface area (Å²) < 4.78 is 0. The van der Waals surface area contributed by atoms with Crippen LogP contribution in [0.1, 0.15) is 45.4 Å². The molecule has 2 fully saturated rings. The molecule has 2 unspecified atom stereocenters. The molecule has 2 aliphatic rings. The Hall–Kier alpha value is -1.04. The minimum absolute atomic E-state index is 0.0196. The summed E-state index contributed by atoms with van der Waals surface area (Å²) >= 11 is 1.06. The molecule has 0 aromatic carbocycles. The van der Waals surface area contributed by atoms with E-state index in [1.165, 1.54) is 4.90 Å². The molecule has 5 nitrogen and oxygen atoms in total. The van der Waals surface area contributed by atoms with Crippen LogP contribution in [0.5, 0.6) is 0 Å². The van der Waals surface area contributed by atoms with E-state index >= 15 is 0 Å². The first-order chi connectivity index (χ1) is 9.13. The number of imide groups is 1. The third-order valence-corrected chi connectivity index (χ3v) is 4.50. The van der Waals surface area contributed by atoms with Crippen molar-refractivity contribution in [2.45, 2.75) is 57.5 Å². The van der Waals surface area contributed by atoms with Crippen LogP contribution in [0, 0.1) is 0 Å². The Labute approximate surface area is 117 Å². The van der Waals surface area contributed by atoms with Crippen LogP contribution in [-0.2, 0) is 9.59 Å². The topological polar surface area (TPSA) is 66.5 Å². The van der Waals surface area contributed by atoms with Gasteiger partial charge in [-0.05, 0) is 19.3 Å². The van der Waals surface area contributed by atoms with Crippen LogP contribution in [0.25, 0.3) is 0 Å². The van der Waals surface area contributed by atoms with Gasteiger partial charge >= 0.3 is 0 Å². The molecular formula is C13H20N2O3S. The fourth-order valence-electron chi connectivity index (χ4n) is 2.78. The number of hydrogen-bond acceptors (Lipinski definition) is 4. The van der Waals surface area contributed by atoms with Gasteiger partial charge in [-0.15, -0.1) is 0 Å². The van der Waals surface area contributed by atoms with Gasteiger partial charge in [0.05, 0.1) is 11.8 Å². The first-order valence-electron chi connectivity index (χ1n) is 6.91. The van der Waals surface area contributed by atoms with Crippen molar-refractivity contribution in [1.29, 1.82) is 0 Å². The number of carbonyl (C=O) groups is 3. The van der Waals surface area contributed by atoms with Gasteiger partial charge in [-0.25, -0.2) is 0 Å². The zero-order valence-electron chi connectivity index (χ0n) is 11.2. The number of amides is 3. The van der Waals surface area contributed by atoms with E-state index in [-0.39, 0.29) is 34.9 Å². The maximum Gasteiger partial charge on any atom is 0.289 e. The fourth-order valence-corrected chi connectivity index (χ4v) is 3.54. The summed E-state index contributed by atoms with van der Waals surface area (Å²) in [6.07, 6.45) is 5.00. The smallest absolute Gasteiger partial charge is 0.289 e. The normalized spacial score (nSPS) is 27.7. The van der Waals surface area contributed by atoms with Crippen molar-refractivity contribution in [2.75, 3.05) is 5.75 Å². The van der Waals surface area contributed by atoms with Crippen molar-refractivity contribution in [2.24, 2.45) is 0 Å². The summed E-state index contributed by atoms with van der Waals surface area (Å²) in [5, 5.41) is 2.83. The van der Waals surface area contributed by atoms with Crippen molar-refractivity contribution in [3.63, 3.8) is 0 Å². The van der Waals surface area contributed by atoms with E-state index in [4.69, 9.17) is 0 Å². The van der Waals surface area contributed by atoms with E-state index in [1.54, 1.807) is 0 Å². The predicted molar refractivity (Wildman–Crippen MR) is 73.8 cm³/mol. The second kappa shape index (κ2) is 6.41. The number of nitrogens with zero attached hydrogens (tertiary/aromatic N) is 1. The SMILES string of the molecule is CCCC(=O)NC1CCCCC1N1C(=O)CSC1=O. The van der Waals surface area contributed by atoms with Crippen molar-refractivity contribution in [3.05, 3.63) is 0 Å². The molecule has 19 heavy (non-hydrogen) atoms. The number of nitrogens with one attached hydrogen (secondary N) is 1. The monoisotopic (exact) mass is 284 g/mol. The van der Waals surface area contributed by atoms with E-state index in [1.807, 2.05) is 6.92 Å². The Bertz CT molecular complexity index is 370. The van der Waals surface area contributed by atoms with Gasteiger partial charge in [-0.2, -0.15) is 0 Å². The van der Waals surface area contributed by atoms with E-state index in [0.29, 0.717) is 6.42 Å². The molecule has 0 aromatic rings. The molecule has 1 N–H and O–H groups in total. The standard InChI is InChI=1S/C13H20N2O3S/c1-2-5-11(16)14-9-6-3-4-7-10(9)15-12(17)8-19-13(15)18/h9-10H,2-8H2,1H3,(H,14,16). The second-order valence-electron chi connectivity index (χ2n) is 5.09. The van der Waals surface area contributed by atoms with Crippen LogP contribution in [0.3, 0.4) is 0 Å². The fraction of sp³-hybridized carbons (Fsp3) is 0.769. The third-order valence-electron chi connectivity index (χ3n) is 3.67. The van der Waals surface area contributed by atoms with Crippen molar-refractivity contribution in [3.8, 4) is 0 Å². The summed E-state index contributed by atoms with van der Waals surface area (Å²) in [4.78, 5) is 36.7. The van der Waals surface area contributed by atoms with E-state index in [9.17, 15) is 14.4 Å². The molecule has 1 saturated heterocycles. The Morgan fingerprint density at radius 3 is 2.74 bits per heavy atom. The Balaban J connectivity index is 2.05. The molecule has 3 amide bonds. The lowest BCUT2D eigenvalue weighted by molar-refractivity contribution is -0.129. The molecular weight excluding hydrogens is 264 g/mol. The van der Waals surface area contributed by atoms with Crippen molar-refractivity contribution in [1.82, 2.24) is 10.2 Å². The van der Waals surface area contributed by atoms with E-state index in [2.05, 4.69) is 5.32 Å². The van der Waals surface area contributed by atoms with Gasteiger partial charge in [0.15, 0.2) is 0 Å². The van der Waals surface area contributed by atoms with Gasteiger partial charge in [-0.3, -0.25) is 19.3 Å². The number of rotatable bonds is 4. The van der Waals surface area contributed by atoms with E-state index in [0.717, 1.165) is 43.9 Å². The van der Waals surface area contributed by atoms with Crippen LogP contribution < -0.4 is 5.32 Å². The molecule has 1 heterocycles. The molecule has 0 radical (unpaired) electrons. The average Bonchev–Trinajstić information content (AvgIpc) is 2.70. The first kappa shape index (κ1) is 14.4. The van der Waals surface area contributed by atoms with E-state index < -0.39 is 0 Å². The van der Waals surface area contributed by atoms with Crippen molar-refractivity contribution < 1.29 is 14.4 Å². The highest BCUT2D eigenvalue weighted by Gasteiger charge is 2.40. The summed E-state index contributed by atoms with van der Waals surface area (Å²) in [7, 11) is 0. The molecule has 0 spiro atoms. The third kappa shape index (κ3) is 3.29. The highest BCUT2D eigenvalue weighted by Crippen LogP contribution is 2.30. The van der Waals surface area contributed by atoms with Crippen LogP contribution in [0.2, 0.25) is 0 Å². The molecule has 1 aliphatic heterocycles. The summed E-state index contributed by atoms with van der Waals surface area (Å²) in [5.41, 5.74) is 0. The molecule has 1 aliphatic carbocycles. The molecule has 0 bridgehead atoms. The molecule has 6 heteroatoms. The highest BCUT2D eigenvalue weighted by atomic mass is 32.2. The molecule has 1 saturated carbocycles. The predicted octanol–water partition coefficient (Wildman–Crippen LogP) is 1.91. The Kier molecular flexibility index (Phi) is 4.85. The van der Waals surface area contributed by atoms with Gasteiger partial charge in [0.1, 0.15) is 0 Å². The van der Waals surface area contributed by atoms with Gasteiger partial charge < -0.3 is 5.32 Å². The molecule has 2 rings (SSSR count). The summed E-state index contributed by atoms with van der Waals surface area (Å²) in [6, 6.07) is -0.219. The lowest BCUT2D eigenvalue weighted by Gasteiger charge is -2.36. The van der Waals surface area contributed by atoms with Gasteiger partial charge in [-0.1, -0.05) is 31.5 Å². The quantitative estimate of drug-likeness (QED) is 0.856. The minimum Gasteiger partial charge on any atom is -0.351 e. The molecule has 106 valence electrons. The van der Waals surface area contributed by atoms with Gasteiger partial charge in [0.25, 0.3) is 5.24 Å². The average molecular weight is 284 g/mol. The summed E-state index contributed by atoms with van der Waals surface area (Å²) in [6.45, 7) is 1.96. The second-order valence-corrected chi connectivity index (χ2v) is 6.02. The lowest BCUT2D eigenvalue weighted by Crippen LogP contribution is -2.54. The zero-order valence-corrected chi connectivity index (χ0v) is 12.0. The number of thioether (sulfide) groups is 1. The summed E-state index contributed by atoms with van der Waals surface area (Å²) in [5.74, 6) is 0.146. The van der Waals surface area contributed by atoms with Gasteiger partial charge in [0, 0.05) is 12.5 Å². The van der Waals surface area contributed by atoms with Crippen LogP contribution in [-0.4, -0.2) is 39.8 Å². The highest BCUT2D eigenvalue weighted by molar-refractivity contribution is 8.14.